The Hall–Kier alpha value is -1.82. The largest absolute Gasteiger partial charge is 0.459 e. The van der Waals surface area contributed by atoms with Crippen molar-refractivity contribution >= 4 is 11.8 Å². The van der Waals surface area contributed by atoms with Gasteiger partial charge in [-0.15, -0.1) is 0 Å². The van der Waals surface area contributed by atoms with Crippen molar-refractivity contribution in [1.82, 2.24) is 10.6 Å². The van der Waals surface area contributed by atoms with Crippen LogP contribution < -0.4 is 10.6 Å². The quantitative estimate of drug-likeness (QED) is 0.732. The lowest BCUT2D eigenvalue weighted by Crippen LogP contribution is -2.48. The maximum absolute atomic E-state index is 12.0. The van der Waals surface area contributed by atoms with E-state index in [0.717, 1.165) is 25.7 Å². The van der Waals surface area contributed by atoms with Crippen LogP contribution in [0.4, 0.5) is 0 Å². The molecule has 116 valence electrons. The molecule has 3 N–H and O–H groups in total. The first kappa shape index (κ1) is 15.6. The Bertz CT molecular complexity index is 478. The second kappa shape index (κ2) is 6.76. The van der Waals surface area contributed by atoms with Gasteiger partial charge in [-0.05, 0) is 31.9 Å². The maximum Gasteiger partial charge on any atom is 0.287 e. The van der Waals surface area contributed by atoms with Gasteiger partial charge in [-0.2, -0.15) is 0 Å². The van der Waals surface area contributed by atoms with Gasteiger partial charge in [-0.1, -0.05) is 12.8 Å². The fourth-order valence-electron chi connectivity index (χ4n) is 2.68. The Kier molecular flexibility index (Phi) is 5.01. The van der Waals surface area contributed by atoms with Gasteiger partial charge >= 0.3 is 0 Å². The molecule has 21 heavy (non-hydrogen) atoms. The fraction of sp³-hybridized carbons (Fsp3) is 0.600. The van der Waals surface area contributed by atoms with Crippen LogP contribution in [0.3, 0.4) is 0 Å². The molecule has 0 bridgehead atoms. The van der Waals surface area contributed by atoms with Crippen LogP contribution in [0.25, 0.3) is 0 Å². The lowest BCUT2D eigenvalue weighted by molar-refractivity contribution is -0.123. The maximum atomic E-state index is 12.0. The van der Waals surface area contributed by atoms with E-state index >= 15 is 0 Å². The molecule has 1 aromatic rings. The minimum Gasteiger partial charge on any atom is -0.459 e. The lowest BCUT2D eigenvalue weighted by Gasteiger charge is -2.27. The van der Waals surface area contributed by atoms with E-state index in [1.54, 1.807) is 19.1 Å². The summed E-state index contributed by atoms with van der Waals surface area (Å²) in [4.78, 5) is 23.8. The van der Waals surface area contributed by atoms with Crippen molar-refractivity contribution in [2.45, 2.75) is 38.6 Å². The van der Waals surface area contributed by atoms with Crippen molar-refractivity contribution in [3.63, 3.8) is 0 Å². The van der Waals surface area contributed by atoms with Crippen LogP contribution in [-0.2, 0) is 4.79 Å². The third kappa shape index (κ3) is 3.85. The predicted octanol–water partition coefficient (Wildman–Crippen LogP) is 1.07. The van der Waals surface area contributed by atoms with E-state index in [0.29, 0.717) is 6.54 Å². The highest BCUT2D eigenvalue weighted by Gasteiger charge is 2.33. The molecule has 1 unspecified atom stereocenters. The summed E-state index contributed by atoms with van der Waals surface area (Å²) in [5.41, 5.74) is -0.194. The number of carbonyl (C=O) groups is 2. The van der Waals surface area contributed by atoms with Gasteiger partial charge in [0.1, 0.15) is 6.04 Å². The molecule has 1 aliphatic carbocycles. The second-order valence-corrected chi connectivity index (χ2v) is 5.76. The van der Waals surface area contributed by atoms with Crippen molar-refractivity contribution in [2.75, 3.05) is 13.2 Å². The number of carbonyl (C=O) groups excluding carboxylic acids is 2. The number of aliphatic hydroxyl groups excluding tert-OH is 1. The molecule has 1 aliphatic rings. The summed E-state index contributed by atoms with van der Waals surface area (Å²) in [6.45, 7) is 2.15. The van der Waals surface area contributed by atoms with Crippen LogP contribution in [0.1, 0.15) is 43.2 Å². The number of rotatable bonds is 6. The molecule has 1 atom stereocenters. The first-order chi connectivity index (χ1) is 10.1. The van der Waals surface area contributed by atoms with E-state index in [2.05, 4.69) is 10.6 Å². The van der Waals surface area contributed by atoms with Gasteiger partial charge in [0.15, 0.2) is 5.76 Å². The molecular weight excluding hydrogens is 272 g/mol. The summed E-state index contributed by atoms with van der Waals surface area (Å²) < 4.78 is 4.97. The van der Waals surface area contributed by atoms with Crippen molar-refractivity contribution in [2.24, 2.45) is 5.41 Å². The molecule has 1 heterocycles. The SMILES string of the molecule is CC(NC(=O)c1ccco1)C(=O)NCC1(CO)CCCC1. The summed E-state index contributed by atoms with van der Waals surface area (Å²) in [5, 5.41) is 14.9. The summed E-state index contributed by atoms with van der Waals surface area (Å²) in [7, 11) is 0. The van der Waals surface area contributed by atoms with Gasteiger partial charge in [0.05, 0.1) is 12.9 Å². The standard InChI is InChI=1S/C15H22N2O4/c1-11(17-14(20)12-5-4-8-21-12)13(19)16-9-15(10-18)6-2-3-7-15/h4-5,8,11,18H,2-3,6-7,9-10H2,1H3,(H,16,19)(H,17,20). The summed E-state index contributed by atoms with van der Waals surface area (Å²) in [6, 6.07) is 2.50. The Labute approximate surface area is 123 Å². The normalized spacial score (nSPS) is 18.2. The third-order valence-corrected chi connectivity index (χ3v) is 4.12. The minimum atomic E-state index is -0.653. The Morgan fingerprint density at radius 2 is 2.14 bits per heavy atom. The summed E-state index contributed by atoms with van der Waals surface area (Å²) in [5.74, 6) is -0.493. The van der Waals surface area contributed by atoms with E-state index in [9.17, 15) is 14.7 Å². The molecule has 0 aromatic carbocycles. The molecule has 6 nitrogen and oxygen atoms in total. The second-order valence-electron chi connectivity index (χ2n) is 5.76. The average Bonchev–Trinajstić information content (AvgIpc) is 3.16. The molecule has 1 fully saturated rings. The predicted molar refractivity (Wildman–Crippen MR) is 76.6 cm³/mol. The first-order valence-corrected chi connectivity index (χ1v) is 7.29. The summed E-state index contributed by atoms with van der Waals surface area (Å²) >= 11 is 0. The molecule has 1 aromatic heterocycles. The number of nitrogens with one attached hydrogen (secondary N) is 2. The highest BCUT2D eigenvalue weighted by molar-refractivity contribution is 5.95. The fourth-order valence-corrected chi connectivity index (χ4v) is 2.68. The van der Waals surface area contributed by atoms with Crippen LogP contribution in [0.5, 0.6) is 0 Å². The molecule has 0 spiro atoms. The Balaban J connectivity index is 1.81. The zero-order valence-electron chi connectivity index (χ0n) is 12.2. The van der Waals surface area contributed by atoms with E-state index in [4.69, 9.17) is 4.42 Å². The molecule has 6 heteroatoms. The van der Waals surface area contributed by atoms with Crippen LogP contribution in [0.15, 0.2) is 22.8 Å². The first-order valence-electron chi connectivity index (χ1n) is 7.29. The van der Waals surface area contributed by atoms with E-state index in [-0.39, 0.29) is 23.7 Å². The summed E-state index contributed by atoms with van der Waals surface area (Å²) in [6.07, 6.45) is 5.43. The number of furan rings is 1. The minimum absolute atomic E-state index is 0.0837. The Morgan fingerprint density at radius 1 is 1.43 bits per heavy atom. The smallest absolute Gasteiger partial charge is 0.287 e. The molecule has 1 saturated carbocycles. The highest BCUT2D eigenvalue weighted by atomic mass is 16.3. The zero-order valence-corrected chi connectivity index (χ0v) is 12.2. The lowest BCUT2D eigenvalue weighted by atomic mass is 9.87. The van der Waals surface area contributed by atoms with Crippen LogP contribution in [0.2, 0.25) is 0 Å². The molecule has 0 radical (unpaired) electrons. The number of amides is 2. The molecular formula is C15H22N2O4. The van der Waals surface area contributed by atoms with Crippen molar-refractivity contribution in [1.29, 1.82) is 0 Å². The monoisotopic (exact) mass is 294 g/mol. The molecule has 2 rings (SSSR count). The molecule has 0 saturated heterocycles. The van der Waals surface area contributed by atoms with Crippen LogP contribution in [0, 0.1) is 5.41 Å². The highest BCUT2D eigenvalue weighted by Crippen LogP contribution is 2.36. The van der Waals surface area contributed by atoms with Crippen molar-refractivity contribution in [3.05, 3.63) is 24.2 Å². The van der Waals surface area contributed by atoms with Gasteiger partial charge < -0.3 is 20.2 Å². The van der Waals surface area contributed by atoms with E-state index in [1.807, 2.05) is 0 Å². The molecule has 0 aliphatic heterocycles. The number of hydrogen-bond acceptors (Lipinski definition) is 4. The van der Waals surface area contributed by atoms with Crippen LogP contribution in [-0.4, -0.2) is 36.1 Å². The number of hydrogen-bond donors (Lipinski definition) is 3. The Morgan fingerprint density at radius 3 is 2.71 bits per heavy atom. The van der Waals surface area contributed by atoms with Crippen molar-refractivity contribution < 1.29 is 19.1 Å². The van der Waals surface area contributed by atoms with Gasteiger partial charge in [0, 0.05) is 12.0 Å². The average molecular weight is 294 g/mol. The van der Waals surface area contributed by atoms with Gasteiger partial charge in [0.2, 0.25) is 5.91 Å². The van der Waals surface area contributed by atoms with Gasteiger partial charge in [0.25, 0.3) is 5.91 Å². The van der Waals surface area contributed by atoms with Gasteiger partial charge in [-0.3, -0.25) is 9.59 Å². The van der Waals surface area contributed by atoms with Gasteiger partial charge in [-0.25, -0.2) is 0 Å². The number of aliphatic hydroxyl groups is 1. The third-order valence-electron chi connectivity index (χ3n) is 4.12. The van der Waals surface area contributed by atoms with E-state index < -0.39 is 11.9 Å². The topological polar surface area (TPSA) is 91.6 Å². The molecule has 2 amide bonds. The van der Waals surface area contributed by atoms with Crippen LogP contribution >= 0.6 is 0 Å². The van der Waals surface area contributed by atoms with E-state index in [1.165, 1.54) is 6.26 Å². The zero-order chi connectivity index (χ0) is 15.3. The van der Waals surface area contributed by atoms with Crippen molar-refractivity contribution in [3.8, 4) is 0 Å².